The van der Waals surface area contributed by atoms with Gasteiger partial charge in [0.1, 0.15) is 17.1 Å². The Balaban J connectivity index is 1.75. The maximum atomic E-state index is 13.2. The molecule has 0 aliphatic carbocycles. The van der Waals surface area contributed by atoms with Gasteiger partial charge in [0.25, 0.3) is 5.91 Å². The van der Waals surface area contributed by atoms with Crippen LogP contribution in [0.25, 0.3) is 10.8 Å². The third kappa shape index (κ3) is 3.01. The zero-order chi connectivity index (χ0) is 20.1. The van der Waals surface area contributed by atoms with Crippen molar-refractivity contribution < 1.29 is 24.2 Å². The summed E-state index contributed by atoms with van der Waals surface area (Å²) in [6, 6.07) is 7.75. The Morgan fingerprint density at radius 1 is 1.14 bits per heavy atom. The molecule has 1 aliphatic heterocycles. The predicted molar refractivity (Wildman–Crippen MR) is 99.8 cm³/mol. The Morgan fingerprint density at radius 2 is 1.86 bits per heavy atom. The smallest absolute Gasteiger partial charge is 0.322 e. The Kier molecular flexibility index (Phi) is 4.15. The SMILES string of the molecule is O=C1NC(=O)C(Cc2ccc(F)cc2)(Cn2cc3cc(O)c(Cl)cc3c2O)N1. The fourth-order valence-corrected chi connectivity index (χ4v) is 3.61. The van der Waals surface area contributed by atoms with Crippen LogP contribution in [0.1, 0.15) is 5.56 Å². The van der Waals surface area contributed by atoms with E-state index in [0.717, 1.165) is 0 Å². The van der Waals surface area contributed by atoms with Crippen LogP contribution in [0.4, 0.5) is 9.18 Å². The lowest BCUT2D eigenvalue weighted by Crippen LogP contribution is -2.52. The van der Waals surface area contributed by atoms with Crippen molar-refractivity contribution in [2.24, 2.45) is 0 Å². The first-order valence-corrected chi connectivity index (χ1v) is 8.73. The number of carbonyl (C=O) groups is 2. The van der Waals surface area contributed by atoms with E-state index in [-0.39, 0.29) is 29.6 Å². The summed E-state index contributed by atoms with van der Waals surface area (Å²) in [5.41, 5.74) is -0.747. The topological polar surface area (TPSA) is 104 Å². The molecule has 0 spiro atoms. The molecule has 3 amide bonds. The second-order valence-corrected chi connectivity index (χ2v) is 7.17. The van der Waals surface area contributed by atoms with Crippen molar-refractivity contribution in [1.29, 1.82) is 0 Å². The summed E-state index contributed by atoms with van der Waals surface area (Å²) in [7, 11) is 0. The quantitative estimate of drug-likeness (QED) is 0.503. The number of hydrogen-bond donors (Lipinski definition) is 4. The molecule has 144 valence electrons. The summed E-state index contributed by atoms with van der Waals surface area (Å²) in [5, 5.41) is 26.2. The average Bonchev–Trinajstić information content (AvgIpc) is 3.07. The highest BCUT2D eigenvalue weighted by atomic mass is 35.5. The number of phenols is 1. The van der Waals surface area contributed by atoms with Crippen LogP contribution in [0, 0.1) is 5.82 Å². The minimum Gasteiger partial charge on any atom is -0.506 e. The molecule has 9 heteroatoms. The van der Waals surface area contributed by atoms with Gasteiger partial charge in [-0.25, -0.2) is 9.18 Å². The number of fused-ring (bicyclic) bond motifs is 1. The second kappa shape index (κ2) is 6.42. The van der Waals surface area contributed by atoms with Gasteiger partial charge in [0.05, 0.1) is 11.6 Å². The first-order valence-electron chi connectivity index (χ1n) is 8.36. The van der Waals surface area contributed by atoms with Gasteiger partial charge in [0.2, 0.25) is 0 Å². The monoisotopic (exact) mass is 403 g/mol. The molecule has 3 aromatic rings. The molecule has 0 bridgehead atoms. The molecular formula is C19H15ClFN3O4. The Bertz CT molecular complexity index is 1110. The van der Waals surface area contributed by atoms with Gasteiger partial charge in [-0.05, 0) is 29.8 Å². The van der Waals surface area contributed by atoms with E-state index in [1.807, 2.05) is 0 Å². The number of carbonyl (C=O) groups excluding carboxylic acids is 2. The molecule has 28 heavy (non-hydrogen) atoms. The number of aromatic hydroxyl groups is 2. The number of rotatable bonds is 4. The molecule has 7 nitrogen and oxygen atoms in total. The Labute approximate surface area is 163 Å². The van der Waals surface area contributed by atoms with Crippen molar-refractivity contribution in [3.8, 4) is 11.6 Å². The fourth-order valence-electron chi connectivity index (χ4n) is 3.44. The number of halogens is 2. The number of aromatic nitrogens is 1. The van der Waals surface area contributed by atoms with Crippen molar-refractivity contribution in [1.82, 2.24) is 15.2 Å². The van der Waals surface area contributed by atoms with Crippen LogP contribution in [0.2, 0.25) is 5.02 Å². The third-order valence-electron chi connectivity index (χ3n) is 4.80. The van der Waals surface area contributed by atoms with E-state index >= 15 is 0 Å². The molecule has 0 saturated carbocycles. The summed E-state index contributed by atoms with van der Waals surface area (Å²) >= 11 is 5.91. The predicted octanol–water partition coefficient (Wildman–Crippen LogP) is 2.67. The largest absolute Gasteiger partial charge is 0.506 e. The fraction of sp³-hybridized carbons (Fsp3) is 0.158. The molecule has 1 saturated heterocycles. The molecule has 4 rings (SSSR count). The molecule has 4 N–H and O–H groups in total. The molecule has 2 aromatic carbocycles. The van der Waals surface area contributed by atoms with Crippen LogP contribution in [0.5, 0.6) is 11.6 Å². The van der Waals surface area contributed by atoms with Crippen LogP contribution in [-0.4, -0.2) is 32.3 Å². The summed E-state index contributed by atoms with van der Waals surface area (Å²) in [6.07, 6.45) is 1.63. The van der Waals surface area contributed by atoms with E-state index in [9.17, 15) is 24.2 Å². The summed E-state index contributed by atoms with van der Waals surface area (Å²) in [4.78, 5) is 24.4. The van der Waals surface area contributed by atoms with Crippen LogP contribution >= 0.6 is 11.6 Å². The van der Waals surface area contributed by atoms with E-state index in [1.165, 1.54) is 41.0 Å². The van der Waals surface area contributed by atoms with Gasteiger partial charge in [0, 0.05) is 23.4 Å². The van der Waals surface area contributed by atoms with E-state index in [2.05, 4.69) is 10.6 Å². The first-order chi connectivity index (χ1) is 13.3. The maximum absolute atomic E-state index is 13.2. The molecule has 1 unspecified atom stereocenters. The molecule has 1 aliphatic rings. The summed E-state index contributed by atoms with van der Waals surface area (Å²) in [5.74, 6) is -1.27. The molecule has 1 atom stereocenters. The third-order valence-corrected chi connectivity index (χ3v) is 5.10. The van der Waals surface area contributed by atoms with Crippen LogP contribution < -0.4 is 10.6 Å². The Hall–Kier alpha value is -3.26. The lowest BCUT2D eigenvalue weighted by Gasteiger charge is -2.27. The van der Waals surface area contributed by atoms with Crippen molar-refractivity contribution in [3.05, 3.63) is 59.0 Å². The molecule has 1 fully saturated rings. The van der Waals surface area contributed by atoms with Gasteiger partial charge >= 0.3 is 6.03 Å². The van der Waals surface area contributed by atoms with Crippen molar-refractivity contribution >= 4 is 34.3 Å². The van der Waals surface area contributed by atoms with E-state index in [4.69, 9.17) is 11.6 Å². The number of urea groups is 1. The number of benzene rings is 2. The first kappa shape index (κ1) is 18.1. The van der Waals surface area contributed by atoms with Gasteiger partial charge < -0.3 is 20.1 Å². The maximum Gasteiger partial charge on any atom is 0.322 e. The molecular weight excluding hydrogens is 389 g/mol. The lowest BCUT2D eigenvalue weighted by molar-refractivity contribution is -0.124. The number of nitrogens with zero attached hydrogens (tertiary/aromatic N) is 1. The van der Waals surface area contributed by atoms with Crippen molar-refractivity contribution in [3.63, 3.8) is 0 Å². The number of amides is 3. The Morgan fingerprint density at radius 3 is 2.50 bits per heavy atom. The number of hydrogen-bond acceptors (Lipinski definition) is 4. The molecule has 1 aromatic heterocycles. The van der Waals surface area contributed by atoms with Crippen LogP contribution in [0.3, 0.4) is 0 Å². The minimum absolute atomic E-state index is 0.0773. The normalized spacial score (nSPS) is 19.1. The summed E-state index contributed by atoms with van der Waals surface area (Å²) in [6.45, 7) is -0.0825. The lowest BCUT2D eigenvalue weighted by atomic mass is 9.90. The number of imide groups is 1. The highest BCUT2D eigenvalue weighted by Crippen LogP contribution is 2.36. The average molecular weight is 404 g/mol. The second-order valence-electron chi connectivity index (χ2n) is 6.77. The van der Waals surface area contributed by atoms with Crippen LogP contribution in [0.15, 0.2) is 42.6 Å². The van der Waals surface area contributed by atoms with Gasteiger partial charge in [0.15, 0.2) is 5.88 Å². The van der Waals surface area contributed by atoms with E-state index in [1.54, 1.807) is 6.20 Å². The number of nitrogens with one attached hydrogen (secondary N) is 2. The van der Waals surface area contributed by atoms with Gasteiger partial charge in [-0.3, -0.25) is 10.1 Å². The van der Waals surface area contributed by atoms with Gasteiger partial charge in [-0.1, -0.05) is 23.7 Å². The van der Waals surface area contributed by atoms with Crippen molar-refractivity contribution in [2.45, 2.75) is 18.5 Å². The molecule has 2 heterocycles. The standard InChI is InChI=1S/C19H15ClFN3O4/c20-14-6-13-11(5-15(14)25)8-24(16(13)26)9-19(17(27)22-18(28)23-19)7-10-1-3-12(21)4-2-10/h1-6,8,25-26H,7,9H2,(H2,22,23,27,28). The van der Waals surface area contributed by atoms with E-state index < -0.39 is 23.3 Å². The number of phenolic OH excluding ortho intramolecular Hbond substituents is 1. The zero-order valence-corrected chi connectivity index (χ0v) is 15.1. The van der Waals surface area contributed by atoms with Crippen molar-refractivity contribution in [2.75, 3.05) is 0 Å². The van der Waals surface area contributed by atoms with Crippen LogP contribution in [-0.2, 0) is 17.8 Å². The highest BCUT2D eigenvalue weighted by molar-refractivity contribution is 6.32. The molecule has 0 radical (unpaired) electrons. The van der Waals surface area contributed by atoms with Gasteiger partial charge in [-0.2, -0.15) is 0 Å². The van der Waals surface area contributed by atoms with E-state index in [0.29, 0.717) is 16.3 Å². The minimum atomic E-state index is -1.38. The zero-order valence-electron chi connectivity index (χ0n) is 14.4. The highest BCUT2D eigenvalue weighted by Gasteiger charge is 2.47. The van der Waals surface area contributed by atoms with Gasteiger partial charge in [-0.15, -0.1) is 0 Å². The summed E-state index contributed by atoms with van der Waals surface area (Å²) < 4.78 is 14.6.